The number of hydrogen-bond acceptors (Lipinski definition) is 5. The van der Waals surface area contributed by atoms with Crippen molar-refractivity contribution < 1.29 is 4.79 Å². The maximum Gasteiger partial charge on any atom is 0.263 e. The molecule has 0 unspecified atom stereocenters. The molecule has 2 aromatic rings. The summed E-state index contributed by atoms with van der Waals surface area (Å²) in [7, 11) is 0. The smallest absolute Gasteiger partial charge is 0.263 e. The van der Waals surface area contributed by atoms with Crippen LogP contribution in [0, 0.1) is 17.2 Å². The number of hydrogen-bond donors (Lipinski definition) is 1. The summed E-state index contributed by atoms with van der Waals surface area (Å²) in [6.45, 7) is 0.947. The molecule has 1 aromatic heterocycles. The number of piperidine rings is 1. The number of benzene rings is 1. The van der Waals surface area contributed by atoms with Crippen LogP contribution in [-0.4, -0.2) is 33.9 Å². The van der Waals surface area contributed by atoms with Crippen LogP contribution in [0.15, 0.2) is 46.2 Å². The molecule has 1 atom stereocenters. The molecule has 1 aromatic carbocycles. The lowest BCUT2D eigenvalue weighted by Gasteiger charge is -2.29. The summed E-state index contributed by atoms with van der Waals surface area (Å²) in [4.78, 5) is 34.4. The average Bonchev–Trinajstić information content (AvgIpc) is 2.67. The Morgan fingerprint density at radius 3 is 2.92 bits per heavy atom. The number of rotatable bonds is 4. The van der Waals surface area contributed by atoms with E-state index in [9.17, 15) is 9.59 Å². The van der Waals surface area contributed by atoms with E-state index < -0.39 is 5.56 Å². The second kappa shape index (κ2) is 7.99. The molecule has 0 bridgehead atoms. The van der Waals surface area contributed by atoms with Crippen LogP contribution in [-0.2, 0) is 5.75 Å². The number of nitrogens with one attached hydrogen (secondary N) is 1. The van der Waals surface area contributed by atoms with Gasteiger partial charge in [-0.25, -0.2) is 4.98 Å². The molecule has 25 heavy (non-hydrogen) atoms. The number of H-pyrrole nitrogens is 1. The first kappa shape index (κ1) is 17.2. The number of likely N-dealkylation sites (tertiary alicyclic amines) is 1. The van der Waals surface area contributed by atoms with Crippen LogP contribution < -0.4 is 5.56 Å². The van der Waals surface area contributed by atoms with E-state index in [4.69, 9.17) is 5.26 Å². The summed E-state index contributed by atoms with van der Waals surface area (Å²) >= 11 is 1.56. The van der Waals surface area contributed by atoms with Gasteiger partial charge in [0.2, 0.25) is 0 Å². The molecule has 6 nitrogen and oxygen atoms in total. The summed E-state index contributed by atoms with van der Waals surface area (Å²) in [5.41, 5.74) is -0.394. The highest BCUT2D eigenvalue weighted by Gasteiger charge is 2.26. The minimum atomic E-state index is -0.428. The zero-order valence-corrected chi connectivity index (χ0v) is 14.5. The number of aromatic amines is 1. The van der Waals surface area contributed by atoms with E-state index in [-0.39, 0.29) is 17.4 Å². The first-order valence-corrected chi connectivity index (χ1v) is 9.11. The van der Waals surface area contributed by atoms with Crippen molar-refractivity contribution in [3.63, 3.8) is 0 Å². The Labute approximate surface area is 149 Å². The van der Waals surface area contributed by atoms with Crippen LogP contribution in [0.3, 0.4) is 0 Å². The Morgan fingerprint density at radius 2 is 2.20 bits per heavy atom. The lowest BCUT2D eigenvalue weighted by atomic mass is 9.99. The maximum absolute atomic E-state index is 12.5. The molecule has 0 spiro atoms. The summed E-state index contributed by atoms with van der Waals surface area (Å²) in [6, 6.07) is 12.0. The van der Waals surface area contributed by atoms with Gasteiger partial charge in [-0.3, -0.25) is 9.59 Å². The van der Waals surface area contributed by atoms with E-state index in [0.717, 1.165) is 17.7 Å². The van der Waals surface area contributed by atoms with Gasteiger partial charge in [0.15, 0.2) is 0 Å². The third-order valence-electron chi connectivity index (χ3n) is 4.09. The van der Waals surface area contributed by atoms with Gasteiger partial charge in [0.05, 0.1) is 17.7 Å². The summed E-state index contributed by atoms with van der Waals surface area (Å²) in [5.74, 6) is 0.541. The van der Waals surface area contributed by atoms with Gasteiger partial charge in [-0.1, -0.05) is 18.2 Å². The quantitative estimate of drug-likeness (QED) is 0.852. The van der Waals surface area contributed by atoms with Gasteiger partial charge in [-0.15, -0.1) is 11.8 Å². The van der Waals surface area contributed by atoms with Gasteiger partial charge >= 0.3 is 0 Å². The molecule has 128 valence electrons. The van der Waals surface area contributed by atoms with Gasteiger partial charge < -0.3 is 9.88 Å². The van der Waals surface area contributed by atoms with Crippen LogP contribution in [0.5, 0.6) is 0 Å². The number of nitrogens with zero attached hydrogens (tertiary/aromatic N) is 3. The van der Waals surface area contributed by atoms with Crippen molar-refractivity contribution in [2.45, 2.75) is 23.5 Å². The van der Waals surface area contributed by atoms with E-state index >= 15 is 0 Å². The van der Waals surface area contributed by atoms with E-state index in [1.165, 1.54) is 6.20 Å². The largest absolute Gasteiger partial charge is 0.337 e. The fraction of sp³-hybridized carbons (Fsp3) is 0.333. The van der Waals surface area contributed by atoms with Crippen molar-refractivity contribution in [1.82, 2.24) is 14.9 Å². The molecule has 2 heterocycles. The van der Waals surface area contributed by atoms with E-state index in [1.54, 1.807) is 16.7 Å². The molecule has 1 N–H and O–H groups in total. The molecule has 1 fully saturated rings. The van der Waals surface area contributed by atoms with Crippen LogP contribution in [0.25, 0.3) is 0 Å². The zero-order valence-electron chi connectivity index (χ0n) is 13.6. The van der Waals surface area contributed by atoms with Crippen molar-refractivity contribution in [1.29, 1.82) is 5.26 Å². The Hall–Kier alpha value is -2.59. The van der Waals surface area contributed by atoms with Gasteiger partial charge in [-0.2, -0.15) is 5.26 Å². The molecule has 0 aliphatic carbocycles. The molecule has 0 saturated carbocycles. The average molecular weight is 354 g/mol. The minimum Gasteiger partial charge on any atom is -0.337 e. The standard InChI is InChI=1S/C18H18N4O2S/c19-9-13-5-4-8-22(11-13)18(24)15-10-20-16(21-17(15)23)12-25-14-6-2-1-3-7-14/h1-3,6-7,10,13H,4-5,8,11-12H2,(H,20,21,23)/t13-/m1/s1. The number of carbonyl (C=O) groups is 1. The Balaban J connectivity index is 1.68. The van der Waals surface area contributed by atoms with Crippen LogP contribution in [0.4, 0.5) is 0 Å². The van der Waals surface area contributed by atoms with Crippen molar-refractivity contribution in [2.24, 2.45) is 5.92 Å². The van der Waals surface area contributed by atoms with Crippen LogP contribution >= 0.6 is 11.8 Å². The molecule has 3 rings (SSSR count). The Bertz CT molecular complexity index is 844. The monoisotopic (exact) mass is 354 g/mol. The highest BCUT2D eigenvalue weighted by Crippen LogP contribution is 2.20. The molecule has 1 amide bonds. The predicted octanol–water partition coefficient (Wildman–Crippen LogP) is 2.44. The second-order valence-corrected chi connectivity index (χ2v) is 6.94. The van der Waals surface area contributed by atoms with Gasteiger partial charge in [0.25, 0.3) is 11.5 Å². The van der Waals surface area contributed by atoms with Crippen LogP contribution in [0.1, 0.15) is 29.0 Å². The van der Waals surface area contributed by atoms with E-state index in [0.29, 0.717) is 24.7 Å². The third kappa shape index (κ3) is 4.28. The Kier molecular flexibility index (Phi) is 5.51. The molecule has 7 heteroatoms. The van der Waals surface area contributed by atoms with Gasteiger partial charge in [0, 0.05) is 24.2 Å². The van der Waals surface area contributed by atoms with Gasteiger partial charge in [0.1, 0.15) is 11.4 Å². The Morgan fingerprint density at radius 1 is 1.40 bits per heavy atom. The molecule has 1 aliphatic heterocycles. The summed E-state index contributed by atoms with van der Waals surface area (Å²) < 4.78 is 0. The molecule has 1 saturated heterocycles. The number of aromatic nitrogens is 2. The molecular formula is C18H18N4O2S. The lowest BCUT2D eigenvalue weighted by Crippen LogP contribution is -2.41. The first-order valence-electron chi connectivity index (χ1n) is 8.12. The topological polar surface area (TPSA) is 89.8 Å². The number of nitriles is 1. The maximum atomic E-state index is 12.5. The highest BCUT2D eigenvalue weighted by molar-refractivity contribution is 7.98. The second-order valence-electron chi connectivity index (χ2n) is 5.89. The minimum absolute atomic E-state index is 0.0343. The molecular weight excluding hydrogens is 336 g/mol. The van der Waals surface area contributed by atoms with E-state index in [2.05, 4.69) is 16.0 Å². The summed E-state index contributed by atoms with van der Waals surface area (Å²) in [6.07, 6.45) is 2.92. The fourth-order valence-corrected chi connectivity index (χ4v) is 3.56. The zero-order chi connectivity index (χ0) is 17.6. The lowest BCUT2D eigenvalue weighted by molar-refractivity contribution is 0.0696. The van der Waals surface area contributed by atoms with Crippen molar-refractivity contribution >= 4 is 17.7 Å². The summed E-state index contributed by atoms with van der Waals surface area (Å²) in [5, 5.41) is 9.03. The van der Waals surface area contributed by atoms with Crippen LogP contribution in [0.2, 0.25) is 0 Å². The molecule has 1 aliphatic rings. The number of thioether (sulfide) groups is 1. The van der Waals surface area contributed by atoms with Gasteiger partial charge in [-0.05, 0) is 25.0 Å². The molecule has 0 radical (unpaired) electrons. The number of amides is 1. The SMILES string of the molecule is N#C[C@H]1CCCN(C(=O)c2cnc(CSc3ccccc3)[nH]c2=O)C1. The first-order chi connectivity index (χ1) is 12.2. The highest BCUT2D eigenvalue weighted by atomic mass is 32.2. The fourth-order valence-electron chi connectivity index (χ4n) is 2.76. The van der Waals surface area contributed by atoms with Crippen molar-refractivity contribution in [3.05, 3.63) is 58.3 Å². The van der Waals surface area contributed by atoms with Crippen molar-refractivity contribution in [2.75, 3.05) is 13.1 Å². The number of carbonyl (C=O) groups excluding carboxylic acids is 1. The van der Waals surface area contributed by atoms with E-state index in [1.807, 2.05) is 30.3 Å². The van der Waals surface area contributed by atoms with Crippen molar-refractivity contribution in [3.8, 4) is 6.07 Å². The predicted molar refractivity (Wildman–Crippen MR) is 95.1 cm³/mol. The third-order valence-corrected chi connectivity index (χ3v) is 5.12. The normalized spacial score (nSPS) is 17.1.